The molecule has 14 nitrogen and oxygen atoms in total. The number of benzene rings is 19. The minimum absolute atomic E-state index is 0.00144. The topological polar surface area (TPSA) is 114 Å². The third-order valence-electron chi connectivity index (χ3n) is 28.3. The van der Waals surface area contributed by atoms with Gasteiger partial charge in [-0.15, -0.1) is 0 Å². The number of para-hydroxylation sites is 18. The van der Waals surface area contributed by atoms with Crippen molar-refractivity contribution in [2.24, 2.45) is 0 Å². The summed E-state index contributed by atoms with van der Waals surface area (Å²) in [5, 5.41) is 15.2. The number of aromatic nitrogens is 8. The highest BCUT2D eigenvalue weighted by Gasteiger charge is 2.52. The number of imide groups is 2. The van der Waals surface area contributed by atoms with Gasteiger partial charge in [-0.2, -0.15) is 0 Å². The highest BCUT2D eigenvalue weighted by Crippen LogP contribution is 2.57. The van der Waals surface area contributed by atoms with Gasteiger partial charge in [-0.05, 0) is 109 Å². The first-order valence-corrected chi connectivity index (χ1v) is 44.6. The zero-order valence-corrected chi connectivity index (χ0v) is 70.4. The quantitative estimate of drug-likeness (QED) is 0.127. The average Bonchev–Trinajstić information content (AvgIpc) is 1.49. The lowest BCUT2D eigenvalue weighted by atomic mass is 9.98. The van der Waals surface area contributed by atoms with E-state index < -0.39 is 23.6 Å². The van der Waals surface area contributed by atoms with Crippen LogP contribution in [0.4, 0.5) is 11.4 Å². The molecule has 0 spiro atoms. The van der Waals surface area contributed by atoms with E-state index >= 15 is 19.2 Å². The molecule has 614 valence electrons. The summed E-state index contributed by atoms with van der Waals surface area (Å²) in [6.07, 6.45) is 0. The molecular weight excluding hydrogens is 1620 g/mol. The van der Waals surface area contributed by atoms with Gasteiger partial charge in [-0.25, -0.2) is 9.80 Å². The van der Waals surface area contributed by atoms with Crippen LogP contribution in [0.1, 0.15) is 41.4 Å². The van der Waals surface area contributed by atoms with E-state index in [1.807, 2.05) is 97.1 Å². The number of carbonyl (C=O) groups is 4. The number of rotatable bonds is 10. The Kier molecular flexibility index (Phi) is 14.6. The maximum atomic E-state index is 18.8. The van der Waals surface area contributed by atoms with Crippen LogP contribution in [0.15, 0.2) is 413 Å². The number of nitrogens with zero attached hydrogens (tertiary/aromatic N) is 10. The molecule has 0 bridgehead atoms. The van der Waals surface area contributed by atoms with Crippen molar-refractivity contribution in [1.82, 2.24) is 36.5 Å². The zero-order chi connectivity index (χ0) is 86.7. The van der Waals surface area contributed by atoms with E-state index in [0.717, 1.165) is 174 Å². The molecule has 2 aliphatic heterocycles. The van der Waals surface area contributed by atoms with E-state index in [1.165, 1.54) is 9.80 Å². The number of hydrogen-bond donors (Lipinski definition) is 0. The summed E-state index contributed by atoms with van der Waals surface area (Å²) in [5.74, 6) is -2.75. The Labute approximate surface area is 750 Å². The summed E-state index contributed by atoms with van der Waals surface area (Å²) in [6, 6.07) is 141. The molecule has 0 atom stereocenters. The summed E-state index contributed by atoms with van der Waals surface area (Å²) in [6.45, 7) is 0. The van der Waals surface area contributed by atoms with Gasteiger partial charge in [0.1, 0.15) is 0 Å². The fourth-order valence-electron chi connectivity index (χ4n) is 23.2. The first-order valence-electron chi connectivity index (χ1n) is 44.6. The molecular formula is C118H68N10O4. The van der Waals surface area contributed by atoms with E-state index in [2.05, 4.69) is 328 Å². The summed E-state index contributed by atoms with van der Waals surface area (Å²) < 4.78 is 18.2. The first kappa shape index (κ1) is 72.1. The minimum Gasteiger partial charge on any atom is -0.306 e. The molecule has 19 aromatic carbocycles. The predicted molar refractivity (Wildman–Crippen MR) is 536 cm³/mol. The maximum Gasteiger partial charge on any atom is 0.268 e. The van der Waals surface area contributed by atoms with Crippen molar-refractivity contribution in [1.29, 1.82) is 0 Å². The van der Waals surface area contributed by atoms with Gasteiger partial charge in [0, 0.05) is 86.2 Å². The fourth-order valence-corrected chi connectivity index (χ4v) is 23.2. The lowest BCUT2D eigenvalue weighted by molar-refractivity contribution is 0.0904. The van der Waals surface area contributed by atoms with E-state index in [4.69, 9.17) is 0 Å². The molecule has 2 aliphatic rings. The van der Waals surface area contributed by atoms with E-state index in [9.17, 15) is 0 Å². The van der Waals surface area contributed by atoms with Gasteiger partial charge >= 0.3 is 0 Å². The molecule has 8 aromatic heterocycles. The summed E-state index contributed by atoms with van der Waals surface area (Å²) >= 11 is 0. The Morgan fingerprint density at radius 3 is 0.333 bits per heavy atom. The van der Waals surface area contributed by atoms with Crippen LogP contribution in [-0.4, -0.2) is 60.2 Å². The lowest BCUT2D eigenvalue weighted by Gasteiger charge is -2.28. The summed E-state index contributed by atoms with van der Waals surface area (Å²) in [5.41, 5.74) is 17.5. The molecule has 0 radical (unpaired) electrons. The van der Waals surface area contributed by atoms with Gasteiger partial charge in [0.05, 0.1) is 167 Å². The number of fused-ring (bicyclic) bond motifs is 26. The molecule has 4 amide bonds. The highest BCUT2D eigenvalue weighted by atomic mass is 16.2. The van der Waals surface area contributed by atoms with Gasteiger partial charge in [0.2, 0.25) is 0 Å². The van der Waals surface area contributed by atoms with Crippen LogP contribution >= 0.6 is 0 Å². The zero-order valence-electron chi connectivity index (χ0n) is 70.4. The Bertz CT molecular complexity index is 8430. The van der Waals surface area contributed by atoms with Gasteiger partial charge in [-0.1, -0.05) is 303 Å². The molecule has 14 heteroatoms. The second-order valence-electron chi connectivity index (χ2n) is 34.6. The van der Waals surface area contributed by atoms with Crippen molar-refractivity contribution < 1.29 is 19.2 Å². The number of amides is 4. The Hall–Kier alpha value is -18.1. The Morgan fingerprint density at radius 2 is 0.212 bits per heavy atom. The maximum absolute atomic E-state index is 18.8. The molecule has 27 aromatic rings. The van der Waals surface area contributed by atoms with Crippen LogP contribution in [0.5, 0.6) is 0 Å². The number of anilines is 2. The fraction of sp³-hybridized carbons (Fsp3) is 0. The smallest absolute Gasteiger partial charge is 0.268 e. The van der Waals surface area contributed by atoms with Crippen LogP contribution in [0.25, 0.3) is 220 Å². The Morgan fingerprint density at radius 1 is 0.114 bits per heavy atom. The van der Waals surface area contributed by atoms with Crippen LogP contribution in [-0.2, 0) is 0 Å². The highest BCUT2D eigenvalue weighted by molar-refractivity contribution is 6.43. The molecule has 0 aliphatic carbocycles. The molecule has 29 rings (SSSR count). The van der Waals surface area contributed by atoms with E-state index in [1.54, 1.807) is 24.3 Å². The third kappa shape index (κ3) is 9.28. The average molecular weight is 1690 g/mol. The van der Waals surface area contributed by atoms with Crippen molar-refractivity contribution in [2.45, 2.75) is 0 Å². The largest absolute Gasteiger partial charge is 0.306 e. The summed E-state index contributed by atoms with van der Waals surface area (Å²) in [4.78, 5) is 77.9. The molecule has 0 fully saturated rings. The molecule has 132 heavy (non-hydrogen) atoms. The van der Waals surface area contributed by atoms with Crippen molar-refractivity contribution >= 4 is 209 Å². The molecule has 0 unspecified atom stereocenters. The molecule has 0 saturated heterocycles. The molecule has 0 N–H and O–H groups in total. The Balaban J connectivity index is 0.794. The number of hydrogen-bond acceptors (Lipinski definition) is 4. The first-order chi connectivity index (χ1) is 65.4. The van der Waals surface area contributed by atoms with Crippen molar-refractivity contribution in [3.63, 3.8) is 0 Å². The minimum atomic E-state index is -0.687. The second-order valence-corrected chi connectivity index (χ2v) is 34.6. The third-order valence-corrected chi connectivity index (χ3v) is 28.3. The van der Waals surface area contributed by atoms with Crippen LogP contribution in [0, 0.1) is 0 Å². The van der Waals surface area contributed by atoms with Gasteiger partial charge in [-0.3, -0.25) is 19.2 Å². The SMILES string of the molecule is O=C1c2c(c(-n3c4ccccc4c4ccccc43)c(-n3c4ccccc4c4ccccc43)c(-n3c4ccccc4c4ccccc43)c2-n2c3ccccc3c3ccccc32)C(=O)N1c1ccccc1N1C(=O)c2c(c(-n3c4ccccc4c4ccccc43)c(-n3c4ccccc4c4ccccc43)c(-n3c4ccccc4c4ccccc43)c2-n2c3ccccc3c3ccccc32)C1=O. The predicted octanol–water partition coefficient (Wildman–Crippen LogP) is 28.1. The van der Waals surface area contributed by atoms with Gasteiger partial charge in [0.15, 0.2) is 0 Å². The monoisotopic (exact) mass is 1690 g/mol. The van der Waals surface area contributed by atoms with Gasteiger partial charge in [0.25, 0.3) is 23.6 Å². The van der Waals surface area contributed by atoms with Crippen molar-refractivity contribution in [3.05, 3.63) is 435 Å². The van der Waals surface area contributed by atoms with Crippen molar-refractivity contribution in [3.8, 4) is 45.5 Å². The van der Waals surface area contributed by atoms with Crippen molar-refractivity contribution in [2.75, 3.05) is 9.80 Å². The second kappa shape index (κ2) is 26.7. The summed E-state index contributed by atoms with van der Waals surface area (Å²) in [7, 11) is 0. The lowest BCUT2D eigenvalue weighted by Crippen LogP contribution is -2.35. The van der Waals surface area contributed by atoms with Gasteiger partial charge < -0.3 is 36.5 Å². The van der Waals surface area contributed by atoms with E-state index in [-0.39, 0.29) is 33.6 Å². The standard InChI is InChI=1S/C118H68N10O4/c129-115-103-104(108(120-87-53-19-3-37-71(87)72-38-4-20-54-88(72)120)112(124-95-61-27-11-45-79(95)80-46-12-28-62-96(80)124)111(123-93-59-25-9-43-77(93)78-44-10-26-60-94(78)123)107(103)119-85-51-17-1-35-69(85)70-36-2-18-52-86(70)119)116(130)127(115)101-67-33-34-68-102(101)128-117(131)105-106(118(128)132)110(122-91-57-23-7-41-75(91)76-42-8-24-58-92(76)122)114(126-99-65-31-15-49-83(99)84-50-16-32-66-100(84)126)113(125-97-63-29-13-47-81(97)82-48-14-30-64-98(82)125)109(105)121-89-55-21-5-39-73(89)74-40-6-22-56-90(74)121/h1-68H. The normalized spacial score (nSPS) is 13.2. The van der Waals surface area contributed by atoms with Crippen LogP contribution in [0.3, 0.4) is 0 Å². The van der Waals surface area contributed by atoms with Crippen LogP contribution < -0.4 is 9.80 Å². The van der Waals surface area contributed by atoms with E-state index in [0.29, 0.717) is 45.5 Å². The molecule has 0 saturated carbocycles. The van der Waals surface area contributed by atoms with Crippen LogP contribution in [0.2, 0.25) is 0 Å². The molecule has 10 heterocycles. The number of carbonyl (C=O) groups excluding carboxylic acids is 4.